The SMILES string of the molecule is [O-][P+]([O-])([O-])CCCOc1ccc(N(c2ccc(Br)cc2)c2ccc(Br)cc2)cc1. The van der Waals surface area contributed by atoms with Crippen molar-refractivity contribution < 1.29 is 19.4 Å². The Balaban J connectivity index is 1.79. The van der Waals surface area contributed by atoms with Gasteiger partial charge in [-0.15, -0.1) is 0 Å². The van der Waals surface area contributed by atoms with Crippen LogP contribution in [0.4, 0.5) is 17.1 Å². The average molecular weight is 539 g/mol. The minimum Gasteiger partial charge on any atom is -0.688 e. The fourth-order valence-corrected chi connectivity index (χ4v) is 3.81. The monoisotopic (exact) mass is 537 g/mol. The third-order valence-corrected chi connectivity index (χ3v) is 6.03. The van der Waals surface area contributed by atoms with Gasteiger partial charge in [-0.2, -0.15) is 7.94 Å². The van der Waals surface area contributed by atoms with Gasteiger partial charge in [0, 0.05) is 38.6 Å². The summed E-state index contributed by atoms with van der Waals surface area (Å²) in [6.45, 7) is 0.178. The van der Waals surface area contributed by atoms with Gasteiger partial charge in [-0.1, -0.05) is 31.9 Å². The van der Waals surface area contributed by atoms with Gasteiger partial charge >= 0.3 is 0 Å². The molecule has 0 aromatic heterocycles. The number of halogens is 2. The van der Waals surface area contributed by atoms with E-state index in [2.05, 4.69) is 36.8 Å². The Bertz CT molecular complexity index is 868. The molecule has 0 fully saturated rings. The van der Waals surface area contributed by atoms with Crippen molar-refractivity contribution in [2.24, 2.45) is 0 Å². The summed E-state index contributed by atoms with van der Waals surface area (Å²) < 4.78 is 7.55. The van der Waals surface area contributed by atoms with Gasteiger partial charge in [0.25, 0.3) is 0 Å². The largest absolute Gasteiger partial charge is 0.688 e. The number of rotatable bonds is 8. The van der Waals surface area contributed by atoms with Crippen molar-refractivity contribution in [1.29, 1.82) is 0 Å². The van der Waals surface area contributed by atoms with Gasteiger partial charge in [0.15, 0.2) is 0 Å². The minimum absolute atomic E-state index is 0.177. The number of nitrogens with zero attached hydrogens (tertiary/aromatic N) is 1. The smallest absolute Gasteiger partial charge is 0.119 e. The first-order valence-electron chi connectivity index (χ1n) is 8.87. The van der Waals surface area contributed by atoms with E-state index in [-0.39, 0.29) is 13.0 Å². The summed E-state index contributed by atoms with van der Waals surface area (Å²) >= 11 is 6.94. The first-order valence-corrected chi connectivity index (χ1v) is 12.2. The molecule has 0 N–H and O–H groups in total. The molecule has 3 aromatic rings. The van der Waals surface area contributed by atoms with Gasteiger partial charge in [0.1, 0.15) is 5.75 Å². The summed E-state index contributed by atoms with van der Waals surface area (Å²) in [5.74, 6) is 0.618. The second-order valence-electron chi connectivity index (χ2n) is 6.32. The topological polar surface area (TPSA) is 81.6 Å². The zero-order valence-corrected chi connectivity index (χ0v) is 19.4. The molecule has 0 saturated carbocycles. The van der Waals surface area contributed by atoms with E-state index >= 15 is 0 Å². The van der Waals surface area contributed by atoms with Crippen LogP contribution in [-0.2, 0) is 0 Å². The zero-order chi connectivity index (χ0) is 20.9. The summed E-state index contributed by atoms with van der Waals surface area (Å²) in [5, 5.41) is 0. The Labute approximate surface area is 187 Å². The number of ether oxygens (including phenoxy) is 1. The zero-order valence-electron chi connectivity index (χ0n) is 15.3. The maximum absolute atomic E-state index is 10.7. The van der Waals surface area contributed by atoms with Crippen molar-refractivity contribution in [3.05, 3.63) is 81.7 Å². The van der Waals surface area contributed by atoms with E-state index in [1.165, 1.54) is 0 Å². The highest BCUT2D eigenvalue weighted by molar-refractivity contribution is 9.10. The quantitative estimate of drug-likeness (QED) is 0.315. The lowest BCUT2D eigenvalue weighted by Crippen LogP contribution is -2.35. The number of hydrogen-bond donors (Lipinski definition) is 0. The molecule has 0 aliphatic heterocycles. The van der Waals surface area contributed by atoms with Crippen LogP contribution < -0.4 is 24.3 Å². The predicted octanol–water partition coefficient (Wildman–Crippen LogP) is 4.29. The van der Waals surface area contributed by atoms with Crippen LogP contribution in [0.1, 0.15) is 6.42 Å². The van der Waals surface area contributed by atoms with Crippen LogP contribution in [0.25, 0.3) is 0 Å². The van der Waals surface area contributed by atoms with Gasteiger partial charge in [0.2, 0.25) is 0 Å². The second-order valence-corrected chi connectivity index (χ2v) is 9.82. The van der Waals surface area contributed by atoms with Crippen molar-refractivity contribution in [2.45, 2.75) is 6.42 Å². The molecule has 0 amide bonds. The Morgan fingerprint density at radius 3 is 1.52 bits per heavy atom. The van der Waals surface area contributed by atoms with Gasteiger partial charge < -0.3 is 24.3 Å². The second kappa shape index (κ2) is 10.0. The summed E-state index contributed by atoms with van der Waals surface area (Å²) in [4.78, 5) is 34.2. The van der Waals surface area contributed by atoms with E-state index in [9.17, 15) is 14.7 Å². The van der Waals surface area contributed by atoms with Crippen molar-refractivity contribution in [1.82, 2.24) is 0 Å². The third kappa shape index (κ3) is 6.78. The fraction of sp³-hybridized carbons (Fsp3) is 0.143. The minimum atomic E-state index is -4.48. The molecule has 0 aliphatic rings. The van der Waals surface area contributed by atoms with Crippen molar-refractivity contribution in [3.63, 3.8) is 0 Å². The van der Waals surface area contributed by atoms with Gasteiger partial charge in [-0.25, -0.2) is 0 Å². The molecule has 0 heterocycles. The molecule has 0 aliphatic carbocycles. The molecule has 3 rings (SSSR count). The van der Waals surface area contributed by atoms with E-state index < -0.39 is 14.1 Å². The molecule has 8 heteroatoms. The van der Waals surface area contributed by atoms with Crippen LogP contribution in [0.2, 0.25) is 0 Å². The first-order chi connectivity index (χ1) is 13.8. The maximum Gasteiger partial charge on any atom is 0.119 e. The first kappa shape index (κ1) is 22.2. The van der Waals surface area contributed by atoms with E-state index in [4.69, 9.17) is 4.74 Å². The lowest BCUT2D eigenvalue weighted by Gasteiger charge is -2.42. The van der Waals surface area contributed by atoms with Gasteiger partial charge in [-0.3, -0.25) is 0 Å². The third-order valence-electron chi connectivity index (χ3n) is 4.11. The summed E-state index contributed by atoms with van der Waals surface area (Å²) in [6, 6.07) is 23.6. The Morgan fingerprint density at radius 2 is 1.10 bits per heavy atom. The van der Waals surface area contributed by atoms with E-state index in [1.54, 1.807) is 0 Å². The Kier molecular flexibility index (Phi) is 7.68. The lowest BCUT2D eigenvalue weighted by atomic mass is 10.2. The molecule has 29 heavy (non-hydrogen) atoms. The highest BCUT2D eigenvalue weighted by Gasteiger charge is 2.12. The number of anilines is 3. The molecule has 0 spiro atoms. The summed E-state index contributed by atoms with van der Waals surface area (Å²) in [6.07, 6.45) is -0.220. The Morgan fingerprint density at radius 1 is 0.690 bits per heavy atom. The van der Waals surface area contributed by atoms with Crippen LogP contribution >= 0.6 is 39.8 Å². The molecule has 3 aromatic carbocycles. The van der Waals surface area contributed by atoms with Crippen molar-refractivity contribution in [2.75, 3.05) is 17.7 Å². The normalized spacial score (nSPS) is 11.3. The molecular formula is C21H18Br2NO4P-2. The molecule has 152 valence electrons. The van der Waals surface area contributed by atoms with Crippen molar-refractivity contribution >= 4 is 56.9 Å². The van der Waals surface area contributed by atoms with Crippen LogP contribution in [0.5, 0.6) is 5.75 Å². The lowest BCUT2D eigenvalue weighted by molar-refractivity contribution is -0.427. The summed E-state index contributed by atoms with van der Waals surface area (Å²) in [5.41, 5.74) is 2.96. The number of benzene rings is 3. The average Bonchev–Trinajstić information content (AvgIpc) is 2.69. The molecule has 0 saturated heterocycles. The van der Waals surface area contributed by atoms with Gasteiger partial charge in [0.05, 0.1) is 6.61 Å². The fourth-order valence-electron chi connectivity index (χ4n) is 2.77. The van der Waals surface area contributed by atoms with Crippen LogP contribution in [-0.4, -0.2) is 12.8 Å². The van der Waals surface area contributed by atoms with E-state index in [0.29, 0.717) is 5.75 Å². The summed E-state index contributed by atoms with van der Waals surface area (Å²) in [7, 11) is -4.48. The molecule has 0 radical (unpaired) electrons. The van der Waals surface area contributed by atoms with Crippen LogP contribution in [0.15, 0.2) is 81.7 Å². The van der Waals surface area contributed by atoms with Gasteiger partial charge in [-0.05, 0) is 72.8 Å². The number of hydrogen-bond acceptors (Lipinski definition) is 5. The molecule has 0 unspecified atom stereocenters. The standard InChI is InChI=1S/C21H20Br2NO4P/c22-16-2-6-18(7-3-16)24(19-8-4-17(23)5-9-19)20-10-12-21(13-11-20)28-14-1-15-29(25,26)27/h2-13H,1,14-15H2,(H2,25,26,27)/p-2. The van der Waals surface area contributed by atoms with Crippen LogP contribution in [0, 0.1) is 0 Å². The molecule has 0 bridgehead atoms. The van der Waals surface area contributed by atoms with Crippen LogP contribution in [0.3, 0.4) is 0 Å². The van der Waals surface area contributed by atoms with Crippen molar-refractivity contribution in [3.8, 4) is 5.75 Å². The molecular weight excluding hydrogens is 521 g/mol. The Hall–Kier alpha value is -1.47. The highest BCUT2D eigenvalue weighted by atomic mass is 79.9. The highest BCUT2D eigenvalue weighted by Crippen LogP contribution is 2.36. The van der Waals surface area contributed by atoms with E-state index in [1.807, 2.05) is 72.8 Å². The van der Waals surface area contributed by atoms with E-state index in [0.717, 1.165) is 26.0 Å². The molecule has 0 atom stereocenters. The molecule has 5 nitrogen and oxygen atoms in total. The maximum atomic E-state index is 10.7. The predicted molar refractivity (Wildman–Crippen MR) is 118 cm³/mol.